The van der Waals surface area contributed by atoms with E-state index in [1.54, 1.807) is 0 Å². The molecule has 0 bridgehead atoms. The van der Waals surface area contributed by atoms with Crippen LogP contribution in [-0.2, 0) is 6.54 Å². The average Bonchev–Trinajstić information content (AvgIpc) is 2.21. The number of benzene rings is 1. The molecule has 0 spiro atoms. The third kappa shape index (κ3) is 3.49. The molecule has 0 aliphatic heterocycles. The average molecular weight is 246 g/mol. The van der Waals surface area contributed by atoms with Crippen LogP contribution in [0.4, 0.5) is 5.69 Å². The summed E-state index contributed by atoms with van der Waals surface area (Å²) in [6, 6.07) is 9.50. The summed E-state index contributed by atoms with van der Waals surface area (Å²) in [7, 11) is 4.22. The van der Waals surface area contributed by atoms with Crippen LogP contribution in [0.2, 0.25) is 0 Å². The van der Waals surface area contributed by atoms with Crippen molar-refractivity contribution in [2.24, 2.45) is 11.8 Å². The van der Waals surface area contributed by atoms with Crippen molar-refractivity contribution in [3.05, 3.63) is 29.8 Å². The van der Waals surface area contributed by atoms with Gasteiger partial charge in [0.15, 0.2) is 0 Å². The molecule has 1 aromatic carbocycles. The van der Waals surface area contributed by atoms with Gasteiger partial charge in [0, 0.05) is 18.3 Å². The highest BCUT2D eigenvalue weighted by molar-refractivity contribution is 5.47. The molecule has 2 rings (SSSR count). The zero-order valence-electron chi connectivity index (χ0n) is 12.1. The van der Waals surface area contributed by atoms with Crippen molar-refractivity contribution in [2.45, 2.75) is 39.3 Å². The zero-order chi connectivity index (χ0) is 13.1. The maximum Gasteiger partial charge on any atom is 0.0345 e. The van der Waals surface area contributed by atoms with Crippen LogP contribution in [0.1, 0.15) is 32.3 Å². The van der Waals surface area contributed by atoms with Gasteiger partial charge in [0.1, 0.15) is 0 Å². The molecule has 0 amide bonds. The second kappa shape index (κ2) is 5.75. The van der Waals surface area contributed by atoms with E-state index in [0.717, 1.165) is 18.4 Å². The summed E-state index contributed by atoms with van der Waals surface area (Å²) in [5.41, 5.74) is 2.66. The molecule has 100 valence electrons. The summed E-state index contributed by atoms with van der Waals surface area (Å²) in [4.78, 5) is 2.21. The molecular formula is C16H26N2. The van der Waals surface area contributed by atoms with Crippen LogP contribution >= 0.6 is 0 Å². The molecule has 0 radical (unpaired) electrons. The predicted molar refractivity (Wildman–Crippen MR) is 78.8 cm³/mol. The van der Waals surface area contributed by atoms with Crippen molar-refractivity contribution >= 4 is 5.69 Å². The number of nitrogens with one attached hydrogen (secondary N) is 1. The standard InChI is InChI=1S/C16H26N2/c1-12(2)14-9-16(10-14)17-15-7-5-6-13(8-15)11-18(3)4/h5-8,12,14,16-17H,9-11H2,1-4H3. The van der Waals surface area contributed by atoms with Crippen LogP contribution < -0.4 is 5.32 Å². The quantitative estimate of drug-likeness (QED) is 0.854. The van der Waals surface area contributed by atoms with E-state index in [4.69, 9.17) is 0 Å². The number of anilines is 1. The van der Waals surface area contributed by atoms with Gasteiger partial charge in [-0.05, 0) is 56.5 Å². The Bertz CT molecular complexity index is 378. The Kier molecular flexibility index (Phi) is 4.28. The Morgan fingerprint density at radius 1 is 1.28 bits per heavy atom. The topological polar surface area (TPSA) is 15.3 Å². The third-order valence-corrected chi connectivity index (χ3v) is 3.91. The molecule has 2 nitrogen and oxygen atoms in total. The highest BCUT2D eigenvalue weighted by Crippen LogP contribution is 2.35. The van der Waals surface area contributed by atoms with Crippen molar-refractivity contribution in [2.75, 3.05) is 19.4 Å². The molecule has 1 fully saturated rings. The second-order valence-corrected chi connectivity index (χ2v) is 6.25. The predicted octanol–water partition coefficient (Wildman–Crippen LogP) is 3.59. The van der Waals surface area contributed by atoms with Crippen LogP contribution in [0.3, 0.4) is 0 Å². The van der Waals surface area contributed by atoms with Gasteiger partial charge >= 0.3 is 0 Å². The van der Waals surface area contributed by atoms with E-state index in [9.17, 15) is 0 Å². The van der Waals surface area contributed by atoms with Gasteiger partial charge in [0.2, 0.25) is 0 Å². The van der Waals surface area contributed by atoms with Crippen LogP contribution in [-0.4, -0.2) is 25.0 Å². The molecule has 2 heteroatoms. The first-order chi connectivity index (χ1) is 8.54. The van der Waals surface area contributed by atoms with E-state index < -0.39 is 0 Å². The number of hydrogen-bond acceptors (Lipinski definition) is 2. The van der Waals surface area contributed by atoms with Crippen molar-refractivity contribution in [1.29, 1.82) is 0 Å². The summed E-state index contributed by atoms with van der Waals surface area (Å²) in [5.74, 6) is 1.76. The van der Waals surface area contributed by atoms with Gasteiger partial charge in [-0.15, -0.1) is 0 Å². The third-order valence-electron chi connectivity index (χ3n) is 3.91. The highest BCUT2D eigenvalue weighted by atomic mass is 15.0. The van der Waals surface area contributed by atoms with Gasteiger partial charge in [-0.2, -0.15) is 0 Å². The van der Waals surface area contributed by atoms with E-state index in [1.165, 1.54) is 24.1 Å². The lowest BCUT2D eigenvalue weighted by Crippen LogP contribution is -2.37. The summed E-state index contributed by atoms with van der Waals surface area (Å²) in [5, 5.41) is 3.66. The van der Waals surface area contributed by atoms with Crippen molar-refractivity contribution in [3.8, 4) is 0 Å². The summed E-state index contributed by atoms with van der Waals surface area (Å²) in [6.45, 7) is 5.67. The summed E-state index contributed by atoms with van der Waals surface area (Å²) in [6.07, 6.45) is 2.66. The number of hydrogen-bond donors (Lipinski definition) is 1. The zero-order valence-corrected chi connectivity index (χ0v) is 12.1. The molecule has 0 aromatic heterocycles. The molecule has 1 N–H and O–H groups in total. The second-order valence-electron chi connectivity index (χ2n) is 6.25. The summed E-state index contributed by atoms with van der Waals surface area (Å²) >= 11 is 0. The lowest BCUT2D eigenvalue weighted by molar-refractivity contribution is 0.212. The lowest BCUT2D eigenvalue weighted by atomic mass is 9.73. The van der Waals surface area contributed by atoms with Crippen molar-refractivity contribution in [3.63, 3.8) is 0 Å². The van der Waals surface area contributed by atoms with Gasteiger partial charge < -0.3 is 10.2 Å². The van der Waals surface area contributed by atoms with Crippen LogP contribution in [0.15, 0.2) is 24.3 Å². The normalized spacial score (nSPS) is 23.2. The van der Waals surface area contributed by atoms with Crippen LogP contribution in [0, 0.1) is 11.8 Å². The molecule has 18 heavy (non-hydrogen) atoms. The minimum absolute atomic E-state index is 0.687. The van der Waals surface area contributed by atoms with Crippen LogP contribution in [0.5, 0.6) is 0 Å². The number of nitrogens with zero attached hydrogens (tertiary/aromatic N) is 1. The summed E-state index contributed by atoms with van der Waals surface area (Å²) < 4.78 is 0. The minimum Gasteiger partial charge on any atom is -0.382 e. The lowest BCUT2D eigenvalue weighted by Gasteiger charge is -2.39. The van der Waals surface area contributed by atoms with E-state index in [1.807, 2.05) is 0 Å². The largest absolute Gasteiger partial charge is 0.382 e. The van der Waals surface area contributed by atoms with Gasteiger partial charge in [0.25, 0.3) is 0 Å². The Morgan fingerprint density at radius 3 is 2.61 bits per heavy atom. The SMILES string of the molecule is CC(C)C1CC(Nc2cccc(CN(C)C)c2)C1. The van der Waals surface area contributed by atoms with Crippen molar-refractivity contribution < 1.29 is 0 Å². The Hall–Kier alpha value is -1.02. The van der Waals surface area contributed by atoms with E-state index in [0.29, 0.717) is 6.04 Å². The van der Waals surface area contributed by atoms with Crippen molar-refractivity contribution in [1.82, 2.24) is 4.90 Å². The Balaban J connectivity index is 1.87. The first-order valence-electron chi connectivity index (χ1n) is 7.05. The molecule has 1 aliphatic carbocycles. The first kappa shape index (κ1) is 13.4. The molecule has 1 aromatic rings. The first-order valence-corrected chi connectivity index (χ1v) is 7.05. The van der Waals surface area contributed by atoms with Gasteiger partial charge in [0.05, 0.1) is 0 Å². The smallest absolute Gasteiger partial charge is 0.0345 e. The maximum absolute atomic E-state index is 3.66. The molecule has 0 saturated heterocycles. The highest BCUT2D eigenvalue weighted by Gasteiger charge is 2.30. The van der Waals surface area contributed by atoms with E-state index in [-0.39, 0.29) is 0 Å². The molecule has 0 unspecified atom stereocenters. The molecular weight excluding hydrogens is 220 g/mol. The Morgan fingerprint density at radius 2 is 2.00 bits per heavy atom. The monoisotopic (exact) mass is 246 g/mol. The van der Waals surface area contributed by atoms with Crippen LogP contribution in [0.25, 0.3) is 0 Å². The molecule has 1 aliphatic rings. The number of rotatable bonds is 5. The van der Waals surface area contributed by atoms with Gasteiger partial charge in [-0.1, -0.05) is 26.0 Å². The van der Waals surface area contributed by atoms with E-state index in [2.05, 4.69) is 62.4 Å². The minimum atomic E-state index is 0.687. The van der Waals surface area contributed by atoms with Gasteiger partial charge in [-0.25, -0.2) is 0 Å². The molecule has 1 saturated carbocycles. The Labute approximate surface area is 111 Å². The molecule has 0 atom stereocenters. The fourth-order valence-corrected chi connectivity index (χ4v) is 2.68. The fraction of sp³-hybridized carbons (Fsp3) is 0.625. The van der Waals surface area contributed by atoms with Gasteiger partial charge in [-0.3, -0.25) is 0 Å². The fourth-order valence-electron chi connectivity index (χ4n) is 2.68. The molecule has 0 heterocycles. The van der Waals surface area contributed by atoms with E-state index >= 15 is 0 Å². The maximum atomic E-state index is 3.66.